The predicted octanol–water partition coefficient (Wildman–Crippen LogP) is 23.1. The van der Waals surface area contributed by atoms with Crippen molar-refractivity contribution in [3.05, 3.63) is 327 Å². The van der Waals surface area contributed by atoms with E-state index in [0.29, 0.717) is 40.6 Å². The fourth-order valence-corrected chi connectivity index (χ4v) is 11.0. The van der Waals surface area contributed by atoms with E-state index in [-0.39, 0.29) is 5.95 Å². The van der Waals surface area contributed by atoms with E-state index >= 15 is 0 Å². The summed E-state index contributed by atoms with van der Waals surface area (Å²) in [5, 5.41) is 1.93. The molecular formula is C80H55Cl3N6O5Pd3S. The van der Waals surface area contributed by atoms with Gasteiger partial charge in [-0.25, -0.2) is 26.3 Å². The number of aromatic nitrogens is 6. The molecule has 9 heterocycles. The maximum Gasteiger partial charge on any atom is 0.221 e. The van der Waals surface area contributed by atoms with Crippen molar-refractivity contribution in [2.75, 3.05) is 0 Å². The summed E-state index contributed by atoms with van der Waals surface area (Å²) in [5.74, 6) is 3.38. The zero-order valence-corrected chi connectivity index (χ0v) is 59.8. The van der Waals surface area contributed by atoms with E-state index < -0.39 is 0 Å². The van der Waals surface area contributed by atoms with Crippen LogP contribution in [0.1, 0.15) is 11.1 Å². The zero-order valence-electron chi connectivity index (χ0n) is 52.0. The Labute approximate surface area is 617 Å². The summed E-state index contributed by atoms with van der Waals surface area (Å²) in [5.41, 5.74) is 19.5. The molecule has 6 aromatic carbocycles. The van der Waals surface area contributed by atoms with Crippen molar-refractivity contribution in [1.29, 1.82) is 0 Å². The third kappa shape index (κ3) is 19.7. The fourth-order valence-electron chi connectivity index (χ4n) is 10.3. The van der Waals surface area contributed by atoms with E-state index in [1.165, 1.54) is 56.3 Å². The maximum atomic E-state index is 5.80. The molecule has 0 aliphatic heterocycles. The molecule has 0 fully saturated rings. The van der Waals surface area contributed by atoms with Crippen molar-refractivity contribution in [3.63, 3.8) is 0 Å². The SMILES string of the molecule is Cc1cc(-c2ccccc2)cc(C)c1-c1ccnc(-c2[c-]c(Oc3ccccn3)cs2)c1.[Cl][Pd+].[Cl][Pd+].[Cl][Pd+].[c-]1c(-c2cc(-c3ccc(-c4ccccc4)cc3)ccn2)coc1Oc1ccccn1.[c-]1c(Oc2ccccn2)coc1-c1cc(-c2ccc(-c3ccccc3)cc2)ccn1. The second-order valence-corrected chi connectivity index (χ2v) is 21.9. The second kappa shape index (κ2) is 37.5. The summed E-state index contributed by atoms with van der Waals surface area (Å²) in [7, 11) is 13.5. The minimum atomic E-state index is 0.253. The Kier molecular flexibility index (Phi) is 27.3. The Balaban J connectivity index is 0.000000153. The predicted molar refractivity (Wildman–Crippen MR) is 381 cm³/mol. The van der Waals surface area contributed by atoms with E-state index in [9.17, 15) is 0 Å². The second-order valence-electron chi connectivity index (χ2n) is 21.0. The number of furan rings is 2. The number of ether oxygens (including phenoxy) is 3. The molecule has 0 N–H and O–H groups in total. The van der Waals surface area contributed by atoms with Crippen LogP contribution < -0.4 is 14.2 Å². The van der Waals surface area contributed by atoms with Gasteiger partial charge in [0.15, 0.2) is 0 Å². The third-order valence-corrected chi connectivity index (χ3v) is 15.6. The molecule has 0 aliphatic rings. The monoisotopic (exact) mass is 1630 g/mol. The summed E-state index contributed by atoms with van der Waals surface area (Å²) < 4.78 is 28.2. The molecule has 15 rings (SSSR count). The molecule has 0 aliphatic carbocycles. The van der Waals surface area contributed by atoms with Gasteiger partial charge in [-0.1, -0.05) is 210 Å². The zero-order chi connectivity index (χ0) is 68.3. The molecule has 9 aromatic heterocycles. The standard InChI is InChI=1S/C28H21N2OS.2C26H17N2O2.3ClH.3Pd/c1-19-14-23(21-8-4-3-5-9-21)15-20(2)28(19)22-11-13-29-25(16-22)26-17-24(18-32-26)31-27-10-6-7-12-30-27;1-2-6-19(7-3-1)20-9-11-21(12-10-20)22-13-15-27-24(16-22)25-17-23(18-29-25)30-26-8-4-5-14-28-26;1-2-6-19(7-3-1)20-9-11-21(12-10-20)22-13-15-27-24(16-22)23-17-26(29-18-23)30-25-8-4-5-14-28-25;;;;;;/h3-16,18H,1-2H3;2*1-16,18H;3*1H;;;/q3*-1;;;;3*+2/p-3. The van der Waals surface area contributed by atoms with E-state index in [1.54, 1.807) is 60.7 Å². The molecule has 15 aromatic rings. The van der Waals surface area contributed by atoms with Crippen molar-refractivity contribution >= 4 is 39.9 Å². The van der Waals surface area contributed by atoms with Crippen LogP contribution in [0.15, 0.2) is 307 Å². The third-order valence-electron chi connectivity index (χ3n) is 14.7. The average molecular weight is 1640 g/mol. The number of hydrogen-bond donors (Lipinski definition) is 0. The minimum absolute atomic E-state index is 0.253. The quantitative estimate of drug-likeness (QED) is 0.0718. The van der Waals surface area contributed by atoms with Gasteiger partial charge in [-0.3, -0.25) is 0 Å². The van der Waals surface area contributed by atoms with Gasteiger partial charge in [0.2, 0.25) is 23.6 Å². The Morgan fingerprint density at radius 2 is 0.745 bits per heavy atom. The van der Waals surface area contributed by atoms with Gasteiger partial charge in [-0.15, -0.1) is 11.6 Å². The molecule has 18 heteroatoms. The Morgan fingerprint density at radius 1 is 0.337 bits per heavy atom. The van der Waals surface area contributed by atoms with Crippen LogP contribution in [0.4, 0.5) is 0 Å². The summed E-state index contributed by atoms with van der Waals surface area (Å²) >= 11 is 8.23. The Morgan fingerprint density at radius 3 is 1.24 bits per heavy atom. The normalized spacial score (nSPS) is 10.3. The van der Waals surface area contributed by atoms with Crippen LogP contribution in [0.3, 0.4) is 0 Å². The number of halogens is 3. The van der Waals surface area contributed by atoms with Crippen LogP contribution in [0.2, 0.25) is 0 Å². The van der Waals surface area contributed by atoms with Crippen LogP contribution in [-0.2, 0) is 54.5 Å². The van der Waals surface area contributed by atoms with Crippen LogP contribution in [0.25, 0.3) is 100 Å². The topological polar surface area (TPSA) is 131 Å². The molecule has 0 saturated carbocycles. The molecule has 0 amide bonds. The summed E-state index contributed by atoms with van der Waals surface area (Å²) in [4.78, 5) is 26.9. The molecule has 0 bridgehead atoms. The molecule has 492 valence electrons. The number of thiophene rings is 1. The molecule has 0 saturated heterocycles. The summed E-state index contributed by atoms with van der Waals surface area (Å²) in [6, 6.07) is 90.8. The van der Waals surface area contributed by atoms with Crippen molar-refractivity contribution < 1.29 is 77.6 Å². The van der Waals surface area contributed by atoms with Gasteiger partial charge in [-0.05, 0) is 146 Å². The first-order valence-corrected chi connectivity index (χ1v) is 36.8. The van der Waals surface area contributed by atoms with E-state index in [4.69, 9.17) is 23.0 Å². The van der Waals surface area contributed by atoms with Gasteiger partial charge in [0.25, 0.3) is 0 Å². The summed E-state index contributed by atoms with van der Waals surface area (Å²) in [6.07, 6.45) is 13.6. The van der Waals surface area contributed by atoms with Gasteiger partial charge < -0.3 is 38.0 Å². The van der Waals surface area contributed by atoms with Gasteiger partial charge >= 0.3 is 83.1 Å². The van der Waals surface area contributed by atoms with Crippen LogP contribution in [-0.4, -0.2) is 29.9 Å². The van der Waals surface area contributed by atoms with E-state index in [0.717, 1.165) is 49.6 Å². The number of hydrogen-bond acceptors (Lipinski definition) is 12. The van der Waals surface area contributed by atoms with Gasteiger partial charge in [-0.2, -0.15) is 0 Å². The van der Waals surface area contributed by atoms with Crippen LogP contribution in [0, 0.1) is 32.0 Å². The molecular weight excluding hydrogens is 1580 g/mol. The summed E-state index contributed by atoms with van der Waals surface area (Å²) in [6.45, 7) is 4.34. The number of pyridine rings is 6. The number of rotatable bonds is 15. The molecule has 0 unspecified atom stereocenters. The van der Waals surface area contributed by atoms with Crippen molar-refractivity contribution in [1.82, 2.24) is 29.9 Å². The van der Waals surface area contributed by atoms with Crippen LogP contribution in [0.5, 0.6) is 35.1 Å². The van der Waals surface area contributed by atoms with Crippen LogP contribution >= 0.6 is 39.9 Å². The smallest absolute Gasteiger partial charge is 0.221 e. The molecule has 11 nitrogen and oxygen atoms in total. The van der Waals surface area contributed by atoms with Crippen molar-refractivity contribution in [3.8, 4) is 135 Å². The first-order chi connectivity index (χ1) is 48.4. The fraction of sp³-hybridized carbons (Fsp3) is 0.0250. The average Bonchev–Trinajstić information content (AvgIpc) is 1.03. The number of nitrogens with zero attached hydrogens (tertiary/aromatic N) is 6. The Bertz CT molecular complexity index is 4650. The Hall–Kier alpha value is -9.26. The molecule has 0 spiro atoms. The van der Waals surface area contributed by atoms with Gasteiger partial charge in [0.05, 0.1) is 5.75 Å². The minimum Gasteiger partial charge on any atom is -0.542 e. The van der Waals surface area contributed by atoms with E-state index in [2.05, 4.69) is 266 Å². The maximum absolute atomic E-state index is 5.80. The molecule has 0 radical (unpaired) electrons. The number of benzene rings is 6. The molecule has 0 atom stereocenters. The van der Waals surface area contributed by atoms with Gasteiger partial charge in [0, 0.05) is 78.8 Å². The van der Waals surface area contributed by atoms with Crippen molar-refractivity contribution in [2.24, 2.45) is 0 Å². The van der Waals surface area contributed by atoms with Crippen molar-refractivity contribution in [2.45, 2.75) is 13.8 Å². The first-order valence-electron chi connectivity index (χ1n) is 29.9. The largest absolute Gasteiger partial charge is 0.542 e. The molecule has 98 heavy (non-hydrogen) atoms. The first kappa shape index (κ1) is 71.5. The van der Waals surface area contributed by atoms with Gasteiger partial charge in [0.1, 0.15) is 0 Å². The van der Waals surface area contributed by atoms with E-state index in [1.807, 2.05) is 121 Å². The number of aryl methyl sites for hydroxylation is 2.